The van der Waals surface area contributed by atoms with Crippen molar-refractivity contribution in [3.05, 3.63) is 0 Å². The molecule has 0 aromatic heterocycles. The van der Waals surface area contributed by atoms with Gasteiger partial charge < -0.3 is 27.0 Å². The Labute approximate surface area is 282 Å². The lowest BCUT2D eigenvalue weighted by Crippen LogP contribution is -2.58. The SMILES string of the molecule is C.C.C.C.C[Si](C)(CCCN1CCCC1=O)O[Si](C)(C)O[Si](C)(CCCN1CCCC1=O)O[Si](C)(C)CCCN1CCCC1=O. The van der Waals surface area contributed by atoms with Crippen molar-refractivity contribution in [3.8, 4) is 0 Å². The Morgan fingerprint density at radius 2 is 0.844 bits per heavy atom. The summed E-state index contributed by atoms with van der Waals surface area (Å²) >= 11 is 0. The Hall–Kier alpha value is -0.842. The smallest absolute Gasteiger partial charge is 0.315 e. The van der Waals surface area contributed by atoms with Gasteiger partial charge in [0.1, 0.15) is 0 Å². The van der Waals surface area contributed by atoms with E-state index in [9.17, 15) is 14.4 Å². The molecule has 0 saturated carbocycles. The molecule has 3 amide bonds. The van der Waals surface area contributed by atoms with Gasteiger partial charge in [-0.25, -0.2) is 0 Å². The van der Waals surface area contributed by atoms with Crippen molar-refractivity contribution in [3.63, 3.8) is 0 Å². The molecular formula is C32H73N3O6Si4. The van der Waals surface area contributed by atoms with E-state index in [1.807, 2.05) is 14.7 Å². The molecule has 13 heteroatoms. The third-order valence-electron chi connectivity index (χ3n) is 8.46. The first-order valence-corrected chi connectivity index (χ1v) is 27.6. The van der Waals surface area contributed by atoms with Crippen molar-refractivity contribution in [1.29, 1.82) is 0 Å². The first-order valence-electron chi connectivity index (χ1n) is 16.0. The van der Waals surface area contributed by atoms with E-state index in [4.69, 9.17) is 12.3 Å². The molecule has 3 aliphatic rings. The van der Waals surface area contributed by atoms with Gasteiger partial charge in [-0.15, -0.1) is 0 Å². The molecule has 0 aliphatic carbocycles. The van der Waals surface area contributed by atoms with Gasteiger partial charge in [0.15, 0.2) is 16.6 Å². The second-order valence-electron chi connectivity index (χ2n) is 14.1. The summed E-state index contributed by atoms with van der Waals surface area (Å²) in [6.45, 7) is 20.7. The van der Waals surface area contributed by atoms with Crippen LogP contribution in [0, 0.1) is 0 Å². The van der Waals surface area contributed by atoms with E-state index in [-0.39, 0.29) is 47.4 Å². The van der Waals surface area contributed by atoms with E-state index >= 15 is 0 Å². The third kappa shape index (κ3) is 15.7. The van der Waals surface area contributed by atoms with E-state index in [0.29, 0.717) is 19.3 Å². The summed E-state index contributed by atoms with van der Waals surface area (Å²) in [4.78, 5) is 42.3. The van der Waals surface area contributed by atoms with Crippen LogP contribution < -0.4 is 0 Å². The van der Waals surface area contributed by atoms with Crippen LogP contribution in [-0.2, 0) is 26.7 Å². The molecule has 1 unspecified atom stereocenters. The molecule has 9 nitrogen and oxygen atoms in total. The van der Waals surface area contributed by atoms with Crippen molar-refractivity contribution in [2.24, 2.45) is 0 Å². The number of hydrogen-bond donors (Lipinski definition) is 0. The van der Waals surface area contributed by atoms with Crippen molar-refractivity contribution >= 4 is 51.5 Å². The second-order valence-corrected chi connectivity index (χ2v) is 30.2. The maximum Gasteiger partial charge on any atom is 0.315 e. The summed E-state index contributed by atoms with van der Waals surface area (Å²) in [5, 5.41) is 0. The normalized spacial score (nSPS) is 18.7. The zero-order valence-electron chi connectivity index (χ0n) is 27.0. The molecule has 0 aromatic rings. The molecule has 0 N–H and O–H groups in total. The van der Waals surface area contributed by atoms with E-state index in [0.717, 1.165) is 95.9 Å². The monoisotopic (exact) mass is 707 g/mol. The maximum atomic E-state index is 12.2. The molecule has 3 heterocycles. The highest BCUT2D eigenvalue weighted by molar-refractivity contribution is 6.89. The Balaban J connectivity index is 0. The van der Waals surface area contributed by atoms with Crippen LogP contribution in [0.2, 0.25) is 64.0 Å². The number of hydrogen-bond acceptors (Lipinski definition) is 6. The van der Waals surface area contributed by atoms with Crippen LogP contribution in [0.4, 0.5) is 0 Å². The molecule has 45 heavy (non-hydrogen) atoms. The average molecular weight is 708 g/mol. The maximum absolute atomic E-state index is 12.2. The highest BCUT2D eigenvalue weighted by Gasteiger charge is 2.46. The first-order chi connectivity index (χ1) is 19.1. The molecule has 1 atom stereocenters. The van der Waals surface area contributed by atoms with E-state index in [1.54, 1.807) is 0 Å². The standard InChI is InChI=1S/C28H57N3O6Si4.4CH4/c1-38(2,23-11-20-29-17-8-14-26(29)32)35-40(5,6)37-41(7,25-13-22-31-19-10-16-28(31)34)36-39(3,4)24-12-21-30-18-9-15-27(30)33;;;;/h8-25H2,1-7H3;4*1H4. The summed E-state index contributed by atoms with van der Waals surface area (Å²) in [5.74, 6) is 0.840. The van der Waals surface area contributed by atoms with Gasteiger partial charge in [0.2, 0.25) is 17.7 Å². The van der Waals surface area contributed by atoms with Gasteiger partial charge >= 0.3 is 17.1 Å². The fourth-order valence-electron chi connectivity index (χ4n) is 6.82. The second kappa shape index (κ2) is 19.9. The first kappa shape index (κ1) is 46.3. The molecular weight excluding hydrogens is 635 g/mol. The summed E-state index contributed by atoms with van der Waals surface area (Å²) in [6, 6.07) is 2.84. The van der Waals surface area contributed by atoms with Gasteiger partial charge in [0.05, 0.1) is 0 Å². The molecule has 0 aromatic carbocycles. The minimum absolute atomic E-state index is 0. The molecule has 0 radical (unpaired) electrons. The largest absolute Gasteiger partial charge is 0.436 e. The predicted molar refractivity (Wildman–Crippen MR) is 200 cm³/mol. The lowest BCUT2D eigenvalue weighted by molar-refractivity contribution is -0.128. The highest BCUT2D eigenvalue weighted by atomic mass is 28.5. The minimum Gasteiger partial charge on any atom is -0.436 e. The molecule has 3 aliphatic heterocycles. The summed E-state index contributed by atoms with van der Waals surface area (Å²) < 4.78 is 21.0. The fraction of sp³-hybridized carbons (Fsp3) is 0.906. The number of likely N-dealkylation sites (tertiary alicyclic amines) is 3. The Morgan fingerprint density at radius 1 is 0.511 bits per heavy atom. The van der Waals surface area contributed by atoms with Gasteiger partial charge in [0.25, 0.3) is 0 Å². The van der Waals surface area contributed by atoms with Crippen molar-refractivity contribution < 1.29 is 26.7 Å². The van der Waals surface area contributed by atoms with Crippen LogP contribution in [0.1, 0.15) is 87.5 Å². The topological polar surface area (TPSA) is 88.6 Å². The molecule has 0 spiro atoms. The molecule has 3 saturated heterocycles. The molecule has 268 valence electrons. The molecule has 3 fully saturated rings. The third-order valence-corrected chi connectivity index (χ3v) is 24.6. The number of nitrogens with zero attached hydrogens (tertiary/aromatic N) is 3. The zero-order valence-corrected chi connectivity index (χ0v) is 31.0. The number of carbonyl (C=O) groups excluding carboxylic acids is 3. The Kier molecular flexibility index (Phi) is 20.4. The summed E-state index contributed by atoms with van der Waals surface area (Å²) in [7, 11) is -9.22. The molecule has 0 bridgehead atoms. The summed E-state index contributed by atoms with van der Waals surface area (Å²) in [5.41, 5.74) is 0. The van der Waals surface area contributed by atoms with Crippen molar-refractivity contribution in [2.45, 2.75) is 151 Å². The van der Waals surface area contributed by atoms with Crippen LogP contribution in [0.3, 0.4) is 0 Å². The van der Waals surface area contributed by atoms with Crippen LogP contribution >= 0.6 is 0 Å². The molecule has 3 rings (SSSR count). The van der Waals surface area contributed by atoms with Crippen molar-refractivity contribution in [1.82, 2.24) is 14.7 Å². The quantitative estimate of drug-likeness (QED) is 0.135. The van der Waals surface area contributed by atoms with Gasteiger partial charge in [-0.05, 0) is 102 Å². The number of rotatable bonds is 18. The lowest BCUT2D eigenvalue weighted by Gasteiger charge is -2.43. The summed E-state index contributed by atoms with van der Waals surface area (Å²) in [6.07, 6.45) is 7.79. The minimum atomic E-state index is -2.62. The van der Waals surface area contributed by atoms with Crippen LogP contribution in [0.25, 0.3) is 0 Å². The Morgan fingerprint density at radius 3 is 1.18 bits per heavy atom. The van der Waals surface area contributed by atoms with E-state index in [2.05, 4.69) is 45.8 Å². The van der Waals surface area contributed by atoms with Crippen molar-refractivity contribution in [2.75, 3.05) is 39.3 Å². The van der Waals surface area contributed by atoms with E-state index in [1.165, 1.54) is 0 Å². The van der Waals surface area contributed by atoms with Crippen LogP contribution in [0.5, 0.6) is 0 Å². The van der Waals surface area contributed by atoms with Gasteiger partial charge in [-0.1, -0.05) is 29.7 Å². The lowest BCUT2D eigenvalue weighted by atomic mass is 10.4. The van der Waals surface area contributed by atoms with Gasteiger partial charge in [-0.3, -0.25) is 14.4 Å². The van der Waals surface area contributed by atoms with Crippen LogP contribution in [0.15, 0.2) is 0 Å². The predicted octanol–water partition coefficient (Wildman–Crippen LogP) is 7.80. The van der Waals surface area contributed by atoms with Gasteiger partial charge in [-0.2, -0.15) is 0 Å². The average Bonchev–Trinajstić information content (AvgIpc) is 3.54. The van der Waals surface area contributed by atoms with E-state index < -0.39 is 33.8 Å². The highest BCUT2D eigenvalue weighted by Crippen LogP contribution is 2.31. The number of amides is 3. The van der Waals surface area contributed by atoms with Crippen LogP contribution in [-0.4, -0.2) is 105 Å². The Bertz CT molecular complexity index is 923. The zero-order chi connectivity index (χ0) is 30.3. The van der Waals surface area contributed by atoms with Gasteiger partial charge in [0, 0.05) is 58.5 Å². The number of carbonyl (C=O) groups is 3. The fourth-order valence-corrected chi connectivity index (χ4v) is 26.5.